The van der Waals surface area contributed by atoms with Crippen LogP contribution in [0, 0.1) is 5.82 Å². The molecule has 0 aliphatic carbocycles. The predicted molar refractivity (Wildman–Crippen MR) is 102 cm³/mol. The molecule has 34 heavy (non-hydrogen) atoms. The van der Waals surface area contributed by atoms with Gasteiger partial charge in [-0.1, -0.05) is 12.1 Å². The van der Waals surface area contributed by atoms with Gasteiger partial charge in [-0.25, -0.2) is 14.2 Å². The highest BCUT2D eigenvalue weighted by atomic mass is 19.4. The Morgan fingerprint density at radius 1 is 1.21 bits per heavy atom. The van der Waals surface area contributed by atoms with E-state index in [1.165, 1.54) is 13.0 Å². The molecule has 3 rings (SSSR count). The van der Waals surface area contributed by atoms with Gasteiger partial charge in [-0.2, -0.15) is 13.2 Å². The van der Waals surface area contributed by atoms with Gasteiger partial charge in [0.25, 0.3) is 0 Å². The van der Waals surface area contributed by atoms with Gasteiger partial charge in [-0.05, 0) is 36.8 Å². The average molecular weight is 494 g/mol. The third kappa shape index (κ3) is 5.85. The Hall–Kier alpha value is -3.58. The first-order valence-electron chi connectivity index (χ1n) is 9.70. The molecule has 1 aliphatic rings. The number of nitrogens with one attached hydrogen (secondary N) is 2. The van der Waals surface area contributed by atoms with E-state index in [4.69, 9.17) is 0 Å². The topological polar surface area (TPSA) is 83.6 Å². The zero-order valence-corrected chi connectivity index (χ0v) is 17.3. The van der Waals surface area contributed by atoms with Crippen molar-refractivity contribution >= 4 is 11.9 Å². The van der Waals surface area contributed by atoms with E-state index in [-0.39, 0.29) is 18.7 Å². The Bertz CT molecular complexity index is 1070. The summed E-state index contributed by atoms with van der Waals surface area (Å²) in [5.41, 5.74) is -2.49. The van der Waals surface area contributed by atoms with Crippen LogP contribution in [-0.4, -0.2) is 47.3 Å². The number of aromatic nitrogens is 1. The zero-order chi connectivity index (χ0) is 25.3. The lowest BCUT2D eigenvalue weighted by Crippen LogP contribution is -2.58. The molecule has 7 nitrogen and oxygen atoms in total. The van der Waals surface area contributed by atoms with Crippen molar-refractivity contribution in [3.05, 3.63) is 59.2 Å². The Morgan fingerprint density at radius 2 is 1.91 bits per heavy atom. The molecule has 1 fully saturated rings. The largest absolute Gasteiger partial charge is 0.573 e. The molecule has 1 unspecified atom stereocenters. The highest BCUT2D eigenvalue weighted by molar-refractivity contribution is 5.88. The Kier molecular flexibility index (Phi) is 6.89. The summed E-state index contributed by atoms with van der Waals surface area (Å²) < 4.78 is 95.1. The summed E-state index contributed by atoms with van der Waals surface area (Å²) in [5, 5.41) is 4.91. The number of halogens is 7. The van der Waals surface area contributed by atoms with Gasteiger partial charge >= 0.3 is 18.6 Å². The number of alkyl halides is 6. The summed E-state index contributed by atoms with van der Waals surface area (Å²) in [5.74, 6) is -2.84. The van der Waals surface area contributed by atoms with Crippen LogP contribution in [0.2, 0.25) is 0 Å². The molecule has 0 saturated carbocycles. The van der Waals surface area contributed by atoms with Crippen molar-refractivity contribution in [2.24, 2.45) is 0 Å². The maximum absolute atomic E-state index is 13.8. The molecule has 184 valence electrons. The monoisotopic (exact) mass is 494 g/mol. The number of benzene rings is 1. The fourth-order valence-corrected chi connectivity index (χ4v) is 3.30. The van der Waals surface area contributed by atoms with E-state index in [9.17, 15) is 40.3 Å². The number of amides is 3. The summed E-state index contributed by atoms with van der Waals surface area (Å²) >= 11 is 0. The molecule has 0 spiro atoms. The molecule has 1 aromatic heterocycles. The molecule has 3 amide bonds. The van der Waals surface area contributed by atoms with E-state index >= 15 is 0 Å². The number of urea groups is 1. The summed E-state index contributed by atoms with van der Waals surface area (Å²) in [4.78, 5) is 29.1. The molecular formula is C20H17F7N4O3. The van der Waals surface area contributed by atoms with Crippen LogP contribution in [0.15, 0.2) is 36.4 Å². The Balaban J connectivity index is 2.03. The summed E-state index contributed by atoms with van der Waals surface area (Å²) in [7, 11) is 0. The SMILES string of the molecule is C[C@@H]1C(=O)NCCN1C(=O)NC(c1cccc(OC(F)(F)F)c1)c1ccc(F)c(C(F)(F)F)n1. The maximum atomic E-state index is 13.8. The van der Waals surface area contributed by atoms with Crippen molar-refractivity contribution in [1.29, 1.82) is 0 Å². The number of carbonyl (C=O) groups is 2. The lowest BCUT2D eigenvalue weighted by molar-refractivity contribution is -0.274. The first-order valence-corrected chi connectivity index (χ1v) is 9.70. The lowest BCUT2D eigenvalue weighted by Gasteiger charge is -2.34. The van der Waals surface area contributed by atoms with Gasteiger partial charge in [0.2, 0.25) is 5.91 Å². The molecule has 0 radical (unpaired) electrons. The first-order chi connectivity index (χ1) is 15.8. The predicted octanol–water partition coefficient (Wildman–Crippen LogP) is 3.76. The van der Waals surface area contributed by atoms with Gasteiger partial charge in [0, 0.05) is 13.1 Å². The zero-order valence-electron chi connectivity index (χ0n) is 17.3. The number of pyridine rings is 1. The second-order valence-electron chi connectivity index (χ2n) is 7.23. The number of piperazine rings is 1. The van der Waals surface area contributed by atoms with Crippen molar-refractivity contribution in [1.82, 2.24) is 20.5 Å². The highest BCUT2D eigenvalue weighted by Gasteiger charge is 2.38. The number of hydrogen-bond acceptors (Lipinski definition) is 4. The van der Waals surface area contributed by atoms with Gasteiger partial charge in [0.1, 0.15) is 11.8 Å². The highest BCUT2D eigenvalue weighted by Crippen LogP contribution is 2.33. The quantitative estimate of drug-likeness (QED) is 0.635. The number of ether oxygens (including phenoxy) is 1. The summed E-state index contributed by atoms with van der Waals surface area (Å²) in [6.07, 6.45) is -10.2. The third-order valence-electron chi connectivity index (χ3n) is 4.88. The molecule has 2 N–H and O–H groups in total. The molecule has 14 heteroatoms. The minimum atomic E-state index is -5.17. The van der Waals surface area contributed by atoms with Crippen LogP contribution in [-0.2, 0) is 11.0 Å². The molecule has 2 heterocycles. The molecule has 1 aromatic carbocycles. The molecule has 0 bridgehead atoms. The van der Waals surface area contributed by atoms with Crippen molar-refractivity contribution in [2.75, 3.05) is 13.1 Å². The number of rotatable bonds is 4. The van der Waals surface area contributed by atoms with E-state index in [0.29, 0.717) is 6.07 Å². The number of hydrogen-bond donors (Lipinski definition) is 2. The fourth-order valence-electron chi connectivity index (χ4n) is 3.30. The van der Waals surface area contributed by atoms with Crippen LogP contribution < -0.4 is 15.4 Å². The average Bonchev–Trinajstić information content (AvgIpc) is 2.72. The Labute approximate surface area is 187 Å². The minimum Gasteiger partial charge on any atom is -0.406 e. The normalized spacial score (nSPS) is 17.7. The summed E-state index contributed by atoms with van der Waals surface area (Å²) in [6.45, 7) is 1.59. The van der Waals surface area contributed by atoms with Crippen LogP contribution in [0.3, 0.4) is 0 Å². The van der Waals surface area contributed by atoms with Crippen molar-refractivity contribution in [2.45, 2.75) is 31.5 Å². The lowest BCUT2D eigenvalue weighted by atomic mass is 10.0. The first kappa shape index (κ1) is 25.1. The van der Waals surface area contributed by atoms with E-state index in [0.717, 1.165) is 29.2 Å². The second kappa shape index (κ2) is 9.35. The van der Waals surface area contributed by atoms with Crippen molar-refractivity contribution in [3.63, 3.8) is 0 Å². The maximum Gasteiger partial charge on any atom is 0.573 e. The van der Waals surface area contributed by atoms with E-state index in [1.807, 2.05) is 0 Å². The molecule has 1 aliphatic heterocycles. The van der Waals surface area contributed by atoms with Crippen LogP contribution in [0.4, 0.5) is 35.5 Å². The van der Waals surface area contributed by atoms with Gasteiger partial charge in [0.15, 0.2) is 11.5 Å². The van der Waals surface area contributed by atoms with E-state index in [2.05, 4.69) is 20.4 Å². The minimum absolute atomic E-state index is 0.0628. The van der Waals surface area contributed by atoms with Gasteiger partial charge in [0.05, 0.1) is 11.7 Å². The van der Waals surface area contributed by atoms with Gasteiger partial charge in [-0.15, -0.1) is 13.2 Å². The van der Waals surface area contributed by atoms with Crippen LogP contribution in [0.25, 0.3) is 0 Å². The molecular weight excluding hydrogens is 477 g/mol. The van der Waals surface area contributed by atoms with E-state index in [1.54, 1.807) is 0 Å². The van der Waals surface area contributed by atoms with Crippen molar-refractivity contribution < 1.29 is 45.1 Å². The Morgan fingerprint density at radius 3 is 2.56 bits per heavy atom. The molecule has 2 atom stereocenters. The van der Waals surface area contributed by atoms with Crippen LogP contribution >= 0.6 is 0 Å². The smallest absolute Gasteiger partial charge is 0.406 e. The number of carbonyl (C=O) groups excluding carboxylic acids is 2. The standard InChI is InChI=1S/C20H17F7N4O3/c1-10-17(32)28-7-8-31(10)18(33)30-15(11-3-2-4-12(9-11)34-20(25,26)27)14-6-5-13(21)16(29-14)19(22,23)24/h2-6,9-10,15H,7-8H2,1H3,(H,28,32)(H,30,33)/t10-,15?/m1/s1. The number of nitrogens with zero attached hydrogens (tertiary/aromatic N) is 2. The molecule has 2 aromatic rings. The van der Waals surface area contributed by atoms with Gasteiger partial charge in [-0.3, -0.25) is 4.79 Å². The van der Waals surface area contributed by atoms with Crippen LogP contribution in [0.1, 0.15) is 29.9 Å². The third-order valence-corrected chi connectivity index (χ3v) is 4.88. The van der Waals surface area contributed by atoms with Crippen molar-refractivity contribution in [3.8, 4) is 5.75 Å². The van der Waals surface area contributed by atoms with E-state index < -0.39 is 59.5 Å². The second-order valence-corrected chi connectivity index (χ2v) is 7.23. The van der Waals surface area contributed by atoms with Gasteiger partial charge < -0.3 is 20.3 Å². The summed E-state index contributed by atoms with van der Waals surface area (Å²) in [6, 6.07) is 2.13. The molecule has 1 saturated heterocycles. The van der Waals surface area contributed by atoms with Crippen LogP contribution in [0.5, 0.6) is 5.75 Å². The fraction of sp³-hybridized carbons (Fsp3) is 0.350.